The van der Waals surface area contributed by atoms with Crippen LogP contribution in [0, 0.1) is 0 Å². The standard InChI is InChI=1S/C14H18N2S/c1-14(2,11-7-5-4-6-8-11)13-16-12(9-15-3)10-17-13/h4-8,10,15H,9H2,1-3H3. The third kappa shape index (κ3) is 2.56. The number of rotatable bonds is 4. The predicted octanol–water partition coefficient (Wildman–Crippen LogP) is 3.19. The number of hydrogen-bond donors (Lipinski definition) is 1. The predicted molar refractivity (Wildman–Crippen MR) is 73.4 cm³/mol. The average molecular weight is 246 g/mol. The molecule has 1 N–H and O–H groups in total. The van der Waals surface area contributed by atoms with E-state index in [0.29, 0.717) is 0 Å². The summed E-state index contributed by atoms with van der Waals surface area (Å²) in [7, 11) is 1.95. The summed E-state index contributed by atoms with van der Waals surface area (Å²) in [6.07, 6.45) is 0. The van der Waals surface area contributed by atoms with Crippen LogP contribution in [-0.4, -0.2) is 12.0 Å². The summed E-state index contributed by atoms with van der Waals surface area (Å²) in [6.45, 7) is 5.29. The number of benzene rings is 1. The van der Waals surface area contributed by atoms with Gasteiger partial charge in [-0.3, -0.25) is 0 Å². The number of nitrogens with zero attached hydrogens (tertiary/aromatic N) is 1. The molecule has 0 saturated heterocycles. The highest BCUT2D eigenvalue weighted by molar-refractivity contribution is 7.09. The Morgan fingerprint density at radius 2 is 1.94 bits per heavy atom. The Hall–Kier alpha value is -1.19. The van der Waals surface area contributed by atoms with Gasteiger partial charge in [-0.25, -0.2) is 4.98 Å². The Balaban J connectivity index is 2.31. The molecule has 1 aromatic heterocycles. The molecule has 0 fully saturated rings. The van der Waals surface area contributed by atoms with Crippen LogP contribution in [0.2, 0.25) is 0 Å². The Labute approximate surface area is 107 Å². The van der Waals surface area contributed by atoms with Gasteiger partial charge in [0.25, 0.3) is 0 Å². The quantitative estimate of drug-likeness (QED) is 0.896. The SMILES string of the molecule is CNCc1csc(C(C)(C)c2ccccc2)n1. The Kier molecular flexibility index (Phi) is 3.60. The van der Waals surface area contributed by atoms with Gasteiger partial charge >= 0.3 is 0 Å². The summed E-state index contributed by atoms with van der Waals surface area (Å²) >= 11 is 1.74. The van der Waals surface area contributed by atoms with E-state index in [1.54, 1.807) is 11.3 Å². The van der Waals surface area contributed by atoms with Crippen molar-refractivity contribution in [3.8, 4) is 0 Å². The monoisotopic (exact) mass is 246 g/mol. The van der Waals surface area contributed by atoms with Gasteiger partial charge in [-0.15, -0.1) is 11.3 Å². The molecule has 90 valence electrons. The molecule has 0 aliphatic heterocycles. The van der Waals surface area contributed by atoms with Crippen molar-refractivity contribution in [2.24, 2.45) is 0 Å². The molecule has 0 spiro atoms. The third-order valence-corrected chi connectivity index (χ3v) is 4.15. The van der Waals surface area contributed by atoms with Crippen molar-refractivity contribution in [2.45, 2.75) is 25.8 Å². The molecule has 0 radical (unpaired) electrons. The van der Waals surface area contributed by atoms with Crippen LogP contribution in [0.1, 0.15) is 30.1 Å². The summed E-state index contributed by atoms with van der Waals surface area (Å²) in [5, 5.41) is 6.44. The smallest absolute Gasteiger partial charge is 0.103 e. The van der Waals surface area contributed by atoms with E-state index in [1.807, 2.05) is 13.1 Å². The summed E-state index contributed by atoms with van der Waals surface area (Å²) in [5.41, 5.74) is 2.42. The van der Waals surface area contributed by atoms with Gasteiger partial charge in [0.15, 0.2) is 0 Å². The molecule has 0 amide bonds. The van der Waals surface area contributed by atoms with E-state index in [0.717, 1.165) is 12.2 Å². The van der Waals surface area contributed by atoms with Crippen molar-refractivity contribution in [2.75, 3.05) is 7.05 Å². The summed E-state index contributed by atoms with van der Waals surface area (Å²) < 4.78 is 0. The van der Waals surface area contributed by atoms with Gasteiger partial charge < -0.3 is 5.32 Å². The highest BCUT2D eigenvalue weighted by Crippen LogP contribution is 2.33. The molecule has 0 aliphatic rings. The Morgan fingerprint density at radius 3 is 2.59 bits per heavy atom. The molecule has 2 nitrogen and oxygen atoms in total. The minimum atomic E-state index is -0.0160. The van der Waals surface area contributed by atoms with E-state index in [-0.39, 0.29) is 5.41 Å². The molecule has 2 aromatic rings. The zero-order chi connectivity index (χ0) is 12.3. The fourth-order valence-electron chi connectivity index (χ4n) is 1.83. The molecule has 0 saturated carbocycles. The zero-order valence-electron chi connectivity index (χ0n) is 10.5. The van der Waals surface area contributed by atoms with E-state index in [4.69, 9.17) is 4.98 Å². The van der Waals surface area contributed by atoms with E-state index >= 15 is 0 Å². The first-order valence-electron chi connectivity index (χ1n) is 5.79. The third-order valence-electron chi connectivity index (χ3n) is 2.94. The normalized spacial score (nSPS) is 11.7. The second-order valence-corrected chi connectivity index (χ2v) is 5.52. The maximum absolute atomic E-state index is 4.70. The van der Waals surface area contributed by atoms with Gasteiger partial charge in [0.2, 0.25) is 0 Å². The summed E-state index contributed by atoms with van der Waals surface area (Å²) in [4.78, 5) is 4.70. The first-order valence-corrected chi connectivity index (χ1v) is 6.67. The van der Waals surface area contributed by atoms with Crippen LogP contribution < -0.4 is 5.32 Å². The lowest BCUT2D eigenvalue weighted by Gasteiger charge is -2.22. The van der Waals surface area contributed by atoms with Gasteiger partial charge in [-0.1, -0.05) is 30.3 Å². The summed E-state index contributed by atoms with van der Waals surface area (Å²) in [6, 6.07) is 10.5. The van der Waals surface area contributed by atoms with E-state index < -0.39 is 0 Å². The lowest BCUT2D eigenvalue weighted by atomic mass is 9.85. The van der Waals surface area contributed by atoms with Crippen molar-refractivity contribution >= 4 is 11.3 Å². The molecule has 0 atom stereocenters. The maximum Gasteiger partial charge on any atom is 0.103 e. The highest BCUT2D eigenvalue weighted by Gasteiger charge is 2.26. The number of thiazole rings is 1. The topological polar surface area (TPSA) is 24.9 Å². The average Bonchev–Trinajstić information content (AvgIpc) is 2.80. The van der Waals surface area contributed by atoms with Crippen LogP contribution in [0.4, 0.5) is 0 Å². The van der Waals surface area contributed by atoms with Crippen molar-refractivity contribution in [3.05, 3.63) is 52.0 Å². The number of aromatic nitrogens is 1. The van der Waals surface area contributed by atoms with Gasteiger partial charge in [0.05, 0.1) is 5.69 Å². The van der Waals surface area contributed by atoms with E-state index in [9.17, 15) is 0 Å². The molecule has 3 heteroatoms. The minimum absolute atomic E-state index is 0.0160. The molecular formula is C14H18N2S. The van der Waals surface area contributed by atoms with Crippen LogP contribution in [0.3, 0.4) is 0 Å². The molecule has 17 heavy (non-hydrogen) atoms. The first-order chi connectivity index (χ1) is 8.14. The molecule has 1 heterocycles. The van der Waals surface area contributed by atoms with Crippen molar-refractivity contribution in [1.82, 2.24) is 10.3 Å². The lowest BCUT2D eigenvalue weighted by molar-refractivity contribution is 0.629. The fraction of sp³-hybridized carbons (Fsp3) is 0.357. The Morgan fingerprint density at radius 1 is 1.24 bits per heavy atom. The van der Waals surface area contributed by atoms with Crippen LogP contribution in [0.5, 0.6) is 0 Å². The largest absolute Gasteiger partial charge is 0.314 e. The molecule has 0 aliphatic carbocycles. The second-order valence-electron chi connectivity index (χ2n) is 4.67. The molecule has 1 aromatic carbocycles. The number of hydrogen-bond acceptors (Lipinski definition) is 3. The fourth-order valence-corrected chi connectivity index (χ4v) is 2.80. The maximum atomic E-state index is 4.70. The number of nitrogens with one attached hydrogen (secondary N) is 1. The van der Waals surface area contributed by atoms with E-state index in [1.165, 1.54) is 10.6 Å². The van der Waals surface area contributed by atoms with Crippen molar-refractivity contribution < 1.29 is 0 Å². The van der Waals surface area contributed by atoms with Gasteiger partial charge in [-0.2, -0.15) is 0 Å². The van der Waals surface area contributed by atoms with Crippen molar-refractivity contribution in [3.63, 3.8) is 0 Å². The van der Waals surface area contributed by atoms with Crippen LogP contribution in [0.15, 0.2) is 35.7 Å². The minimum Gasteiger partial charge on any atom is -0.314 e. The van der Waals surface area contributed by atoms with Gasteiger partial charge in [0.1, 0.15) is 5.01 Å². The van der Waals surface area contributed by atoms with Crippen LogP contribution in [0.25, 0.3) is 0 Å². The van der Waals surface area contributed by atoms with Crippen LogP contribution >= 0.6 is 11.3 Å². The molecule has 2 rings (SSSR count). The van der Waals surface area contributed by atoms with E-state index in [2.05, 4.69) is 48.8 Å². The molecule has 0 unspecified atom stereocenters. The summed E-state index contributed by atoms with van der Waals surface area (Å²) in [5.74, 6) is 0. The Bertz CT molecular complexity index is 474. The first kappa shape index (κ1) is 12.3. The lowest BCUT2D eigenvalue weighted by Crippen LogP contribution is -2.18. The van der Waals surface area contributed by atoms with Gasteiger partial charge in [0, 0.05) is 17.3 Å². The highest BCUT2D eigenvalue weighted by atomic mass is 32.1. The van der Waals surface area contributed by atoms with Crippen LogP contribution in [-0.2, 0) is 12.0 Å². The zero-order valence-corrected chi connectivity index (χ0v) is 11.3. The molecule has 0 bridgehead atoms. The second kappa shape index (κ2) is 4.98. The van der Waals surface area contributed by atoms with Gasteiger partial charge in [-0.05, 0) is 26.5 Å². The van der Waals surface area contributed by atoms with Crippen molar-refractivity contribution in [1.29, 1.82) is 0 Å². The molecular weight excluding hydrogens is 228 g/mol.